The number of ether oxygens (including phenoxy) is 2. The fourth-order valence-corrected chi connectivity index (χ4v) is 3.67. The molecule has 8 heteroatoms. The van der Waals surface area contributed by atoms with Crippen molar-refractivity contribution in [3.8, 4) is 17.4 Å². The van der Waals surface area contributed by atoms with Gasteiger partial charge < -0.3 is 19.3 Å². The van der Waals surface area contributed by atoms with E-state index in [1.807, 2.05) is 54.3 Å². The number of nitrogens with zero attached hydrogens (tertiary/aromatic N) is 4. The molecular formula is C23H23ClN4O3. The topological polar surface area (TPSA) is 67.8 Å². The minimum atomic E-state index is -0.0244. The van der Waals surface area contributed by atoms with Crippen LogP contribution in [0.3, 0.4) is 0 Å². The van der Waals surface area contributed by atoms with Crippen molar-refractivity contribution in [3.63, 3.8) is 0 Å². The van der Waals surface area contributed by atoms with Gasteiger partial charge in [0.15, 0.2) is 6.61 Å². The zero-order valence-corrected chi connectivity index (χ0v) is 17.9. The first kappa shape index (κ1) is 20.9. The molecule has 1 saturated heterocycles. The predicted molar refractivity (Wildman–Crippen MR) is 119 cm³/mol. The number of carbonyl (C=O) groups excluding carboxylic acids is 1. The van der Waals surface area contributed by atoms with Crippen molar-refractivity contribution in [2.75, 3.05) is 31.1 Å². The van der Waals surface area contributed by atoms with Crippen molar-refractivity contribution in [2.24, 2.45) is 0 Å². The third kappa shape index (κ3) is 5.44. The summed E-state index contributed by atoms with van der Waals surface area (Å²) in [5, 5.41) is 0.595. The summed E-state index contributed by atoms with van der Waals surface area (Å²) in [6, 6.07) is 18.3. The SMILES string of the molecule is CC1CN(c2cc(Oc3cccc(Cl)c3)ncn2)CCN1C(=O)COc1ccccc1. The number of piperazine rings is 1. The number of rotatable bonds is 6. The van der Waals surface area contributed by atoms with Crippen LogP contribution in [-0.4, -0.2) is 53.1 Å². The Kier molecular flexibility index (Phi) is 6.52. The van der Waals surface area contributed by atoms with Gasteiger partial charge in [-0.05, 0) is 37.3 Å². The molecule has 1 aliphatic rings. The molecule has 1 fully saturated rings. The van der Waals surface area contributed by atoms with Gasteiger partial charge in [-0.1, -0.05) is 35.9 Å². The first-order valence-corrected chi connectivity index (χ1v) is 10.4. The van der Waals surface area contributed by atoms with E-state index in [4.69, 9.17) is 21.1 Å². The normalized spacial score (nSPS) is 16.1. The molecule has 1 aromatic heterocycles. The lowest BCUT2D eigenvalue weighted by Gasteiger charge is -2.40. The first-order chi connectivity index (χ1) is 15.1. The number of para-hydroxylation sites is 1. The lowest BCUT2D eigenvalue weighted by molar-refractivity contribution is -0.135. The summed E-state index contributed by atoms with van der Waals surface area (Å²) >= 11 is 6.01. The van der Waals surface area contributed by atoms with Crippen LogP contribution in [0.4, 0.5) is 5.82 Å². The number of amides is 1. The quantitative estimate of drug-likeness (QED) is 0.578. The van der Waals surface area contributed by atoms with Crippen LogP contribution in [0.2, 0.25) is 5.02 Å². The number of anilines is 1. The summed E-state index contributed by atoms with van der Waals surface area (Å²) in [6.45, 7) is 3.96. The van der Waals surface area contributed by atoms with E-state index in [1.54, 1.807) is 18.2 Å². The minimum absolute atomic E-state index is 0.0212. The van der Waals surface area contributed by atoms with Gasteiger partial charge in [0.05, 0.1) is 0 Å². The van der Waals surface area contributed by atoms with Crippen LogP contribution >= 0.6 is 11.6 Å². The molecule has 0 N–H and O–H groups in total. The maximum absolute atomic E-state index is 12.6. The number of hydrogen-bond donors (Lipinski definition) is 0. The Morgan fingerprint density at radius 1 is 1.06 bits per heavy atom. The van der Waals surface area contributed by atoms with Gasteiger partial charge in [-0.3, -0.25) is 4.79 Å². The summed E-state index contributed by atoms with van der Waals surface area (Å²) in [7, 11) is 0. The van der Waals surface area contributed by atoms with Crippen molar-refractivity contribution in [2.45, 2.75) is 13.0 Å². The third-order valence-corrected chi connectivity index (χ3v) is 5.26. The Balaban J connectivity index is 1.35. The predicted octanol–water partition coefficient (Wildman–Crippen LogP) is 4.04. The van der Waals surface area contributed by atoms with Gasteiger partial charge in [0.2, 0.25) is 5.88 Å². The second kappa shape index (κ2) is 9.66. The Bertz CT molecular complexity index is 1030. The smallest absolute Gasteiger partial charge is 0.260 e. The molecule has 0 saturated carbocycles. The molecule has 1 aliphatic heterocycles. The monoisotopic (exact) mass is 438 g/mol. The first-order valence-electron chi connectivity index (χ1n) is 10.1. The van der Waals surface area contributed by atoms with Gasteiger partial charge in [0.25, 0.3) is 5.91 Å². The maximum atomic E-state index is 12.6. The van der Waals surface area contributed by atoms with Crippen LogP contribution in [0.15, 0.2) is 67.0 Å². The van der Waals surface area contributed by atoms with Gasteiger partial charge in [0, 0.05) is 36.8 Å². The van der Waals surface area contributed by atoms with Crippen LogP contribution in [0, 0.1) is 0 Å². The molecule has 3 aromatic rings. The highest BCUT2D eigenvalue weighted by Crippen LogP contribution is 2.25. The highest BCUT2D eigenvalue weighted by Gasteiger charge is 2.28. The fraction of sp³-hybridized carbons (Fsp3) is 0.261. The standard InChI is InChI=1S/C23H23ClN4O3/c1-17-14-27(10-11-28(17)23(29)15-30-19-7-3-2-4-8-19)21-13-22(26-16-25-21)31-20-9-5-6-18(24)12-20/h2-9,12-13,16-17H,10-11,14-15H2,1H3. The molecule has 1 atom stereocenters. The maximum Gasteiger partial charge on any atom is 0.260 e. The van der Waals surface area contributed by atoms with E-state index in [-0.39, 0.29) is 18.6 Å². The average Bonchev–Trinajstić information content (AvgIpc) is 2.78. The highest BCUT2D eigenvalue weighted by atomic mass is 35.5. The molecular weight excluding hydrogens is 416 g/mol. The second-order valence-corrected chi connectivity index (χ2v) is 7.69. The van der Waals surface area contributed by atoms with E-state index in [0.29, 0.717) is 42.0 Å². The molecule has 0 spiro atoms. The molecule has 0 bridgehead atoms. The number of hydrogen-bond acceptors (Lipinski definition) is 6. The summed E-state index contributed by atoms with van der Waals surface area (Å²) in [6.07, 6.45) is 1.48. The third-order valence-electron chi connectivity index (χ3n) is 5.02. The van der Waals surface area contributed by atoms with Gasteiger partial charge in [0.1, 0.15) is 23.6 Å². The molecule has 4 rings (SSSR count). The molecule has 1 amide bonds. The van der Waals surface area contributed by atoms with Crippen molar-refractivity contribution in [1.29, 1.82) is 0 Å². The van der Waals surface area contributed by atoms with Gasteiger partial charge in [-0.25, -0.2) is 9.97 Å². The van der Waals surface area contributed by atoms with Gasteiger partial charge >= 0.3 is 0 Å². The van der Waals surface area contributed by atoms with Crippen molar-refractivity contribution >= 4 is 23.3 Å². The summed E-state index contributed by atoms with van der Waals surface area (Å²) in [4.78, 5) is 25.2. The largest absolute Gasteiger partial charge is 0.484 e. The van der Waals surface area contributed by atoms with Gasteiger partial charge in [-0.2, -0.15) is 0 Å². The van der Waals surface area contributed by atoms with Crippen LogP contribution in [0.5, 0.6) is 17.4 Å². The van der Waals surface area contributed by atoms with E-state index < -0.39 is 0 Å². The molecule has 160 valence electrons. The number of aromatic nitrogens is 2. The summed E-state index contributed by atoms with van der Waals surface area (Å²) in [5.74, 6) is 2.47. The van der Waals surface area contributed by atoms with Crippen molar-refractivity contribution in [1.82, 2.24) is 14.9 Å². The van der Waals surface area contributed by atoms with Crippen molar-refractivity contribution in [3.05, 3.63) is 72.0 Å². The lowest BCUT2D eigenvalue weighted by Crippen LogP contribution is -2.55. The Labute approximate surface area is 186 Å². The molecule has 31 heavy (non-hydrogen) atoms. The number of halogens is 1. The van der Waals surface area contributed by atoms with E-state index in [1.165, 1.54) is 6.33 Å². The average molecular weight is 439 g/mol. The van der Waals surface area contributed by atoms with E-state index in [2.05, 4.69) is 14.9 Å². The molecule has 7 nitrogen and oxygen atoms in total. The van der Waals surface area contributed by atoms with Crippen LogP contribution in [-0.2, 0) is 4.79 Å². The van der Waals surface area contributed by atoms with E-state index >= 15 is 0 Å². The Morgan fingerprint density at radius 3 is 2.65 bits per heavy atom. The number of benzene rings is 2. The van der Waals surface area contributed by atoms with Crippen LogP contribution in [0.25, 0.3) is 0 Å². The Morgan fingerprint density at radius 2 is 1.87 bits per heavy atom. The highest BCUT2D eigenvalue weighted by molar-refractivity contribution is 6.30. The Hall–Kier alpha value is -3.32. The minimum Gasteiger partial charge on any atom is -0.484 e. The summed E-state index contributed by atoms with van der Waals surface area (Å²) in [5.41, 5.74) is 0. The zero-order valence-electron chi connectivity index (χ0n) is 17.1. The van der Waals surface area contributed by atoms with Gasteiger partial charge in [-0.15, -0.1) is 0 Å². The zero-order chi connectivity index (χ0) is 21.6. The molecule has 1 unspecified atom stereocenters. The van der Waals surface area contributed by atoms with Crippen molar-refractivity contribution < 1.29 is 14.3 Å². The molecule has 0 aliphatic carbocycles. The van der Waals surface area contributed by atoms with Crippen LogP contribution in [0.1, 0.15) is 6.92 Å². The fourth-order valence-electron chi connectivity index (χ4n) is 3.49. The van der Waals surface area contributed by atoms with E-state index in [0.717, 1.165) is 5.82 Å². The molecule has 0 radical (unpaired) electrons. The number of carbonyl (C=O) groups is 1. The lowest BCUT2D eigenvalue weighted by atomic mass is 10.2. The second-order valence-electron chi connectivity index (χ2n) is 7.26. The van der Waals surface area contributed by atoms with E-state index in [9.17, 15) is 4.79 Å². The molecule has 2 aromatic carbocycles. The van der Waals surface area contributed by atoms with Crippen LogP contribution < -0.4 is 14.4 Å². The summed E-state index contributed by atoms with van der Waals surface area (Å²) < 4.78 is 11.4. The molecule has 2 heterocycles.